The Morgan fingerprint density at radius 2 is 2.12 bits per heavy atom. The van der Waals surface area contributed by atoms with Crippen molar-refractivity contribution in [3.05, 3.63) is 59.9 Å². The normalized spacial score (nSPS) is 19.5. The van der Waals surface area contributed by atoms with Gasteiger partial charge in [-0.2, -0.15) is 0 Å². The number of carbonyl (C=O) groups is 2. The van der Waals surface area contributed by atoms with E-state index in [2.05, 4.69) is 10.3 Å². The number of methoxy groups -OCH3 is 1. The van der Waals surface area contributed by atoms with E-state index < -0.39 is 5.54 Å². The molecule has 1 aromatic heterocycles. The fourth-order valence-corrected chi connectivity index (χ4v) is 3.27. The number of benzene rings is 1. The number of aromatic nitrogens is 1. The molecular weight excluding hydrogens is 330 g/mol. The van der Waals surface area contributed by atoms with E-state index in [0.29, 0.717) is 31.7 Å². The van der Waals surface area contributed by atoms with Gasteiger partial charge in [0.25, 0.3) is 0 Å². The van der Waals surface area contributed by atoms with Crippen LogP contribution in [0.1, 0.15) is 30.9 Å². The van der Waals surface area contributed by atoms with Crippen molar-refractivity contribution >= 4 is 11.8 Å². The fourth-order valence-electron chi connectivity index (χ4n) is 3.27. The second-order valence-corrected chi connectivity index (χ2v) is 6.61. The molecule has 1 saturated heterocycles. The number of rotatable bonds is 6. The van der Waals surface area contributed by atoms with Crippen LogP contribution in [-0.4, -0.2) is 34.3 Å². The number of hydrogen-bond donors (Lipinski definition) is 1. The summed E-state index contributed by atoms with van der Waals surface area (Å²) in [7, 11) is 1.60. The highest BCUT2D eigenvalue weighted by molar-refractivity contribution is 5.94. The molecule has 0 bridgehead atoms. The van der Waals surface area contributed by atoms with Crippen LogP contribution in [0.15, 0.2) is 48.8 Å². The van der Waals surface area contributed by atoms with E-state index in [4.69, 9.17) is 4.74 Å². The lowest BCUT2D eigenvalue weighted by Gasteiger charge is -2.34. The Morgan fingerprint density at radius 1 is 1.31 bits per heavy atom. The van der Waals surface area contributed by atoms with E-state index in [9.17, 15) is 9.59 Å². The first-order valence-corrected chi connectivity index (χ1v) is 8.64. The molecule has 136 valence electrons. The molecule has 0 aliphatic carbocycles. The second-order valence-electron chi connectivity index (χ2n) is 6.61. The summed E-state index contributed by atoms with van der Waals surface area (Å²) in [6, 6.07) is 11.3. The standard InChI is InChI=1S/C20H23N3O3/c1-20(19(25)22-13-15-6-5-11-21-12-15)10-9-18(24)23(20)14-16-7-3-4-8-17(16)26-2/h3-8,11-12H,9-10,13-14H2,1-2H3,(H,22,25)/t20-/m1/s1. The minimum Gasteiger partial charge on any atom is -0.496 e. The summed E-state index contributed by atoms with van der Waals surface area (Å²) in [6.07, 6.45) is 4.28. The van der Waals surface area contributed by atoms with Crippen LogP contribution in [0.2, 0.25) is 0 Å². The molecule has 2 amide bonds. The highest BCUT2D eigenvalue weighted by Crippen LogP contribution is 2.33. The van der Waals surface area contributed by atoms with E-state index >= 15 is 0 Å². The van der Waals surface area contributed by atoms with Crippen LogP contribution in [0.25, 0.3) is 0 Å². The second kappa shape index (κ2) is 7.56. The molecule has 6 nitrogen and oxygen atoms in total. The average molecular weight is 353 g/mol. The number of pyridine rings is 1. The summed E-state index contributed by atoms with van der Waals surface area (Å²) in [6.45, 7) is 2.56. The quantitative estimate of drug-likeness (QED) is 0.865. The van der Waals surface area contributed by atoms with Gasteiger partial charge in [-0.1, -0.05) is 24.3 Å². The Morgan fingerprint density at radius 3 is 2.85 bits per heavy atom. The zero-order valence-electron chi connectivity index (χ0n) is 15.1. The molecule has 2 aromatic rings. The molecular formula is C20H23N3O3. The number of carbonyl (C=O) groups excluding carboxylic acids is 2. The van der Waals surface area contributed by atoms with Crippen molar-refractivity contribution in [1.82, 2.24) is 15.2 Å². The Kier molecular flexibility index (Phi) is 5.21. The molecule has 0 radical (unpaired) electrons. The van der Waals surface area contributed by atoms with Crippen molar-refractivity contribution in [2.75, 3.05) is 7.11 Å². The van der Waals surface area contributed by atoms with Gasteiger partial charge in [-0.15, -0.1) is 0 Å². The summed E-state index contributed by atoms with van der Waals surface area (Å²) in [5.74, 6) is 0.544. The lowest BCUT2D eigenvalue weighted by atomic mass is 9.97. The molecule has 1 aromatic carbocycles. The Hall–Kier alpha value is -2.89. The van der Waals surface area contributed by atoms with Gasteiger partial charge in [0, 0.05) is 30.9 Å². The number of ether oxygens (including phenoxy) is 1. The van der Waals surface area contributed by atoms with Crippen molar-refractivity contribution in [2.24, 2.45) is 0 Å². The van der Waals surface area contributed by atoms with Gasteiger partial charge >= 0.3 is 0 Å². The highest BCUT2D eigenvalue weighted by Gasteiger charge is 2.47. The number of nitrogens with zero attached hydrogens (tertiary/aromatic N) is 2. The van der Waals surface area contributed by atoms with Gasteiger partial charge in [0.15, 0.2) is 0 Å². The molecule has 1 atom stereocenters. The SMILES string of the molecule is COc1ccccc1CN1C(=O)CC[C@]1(C)C(=O)NCc1cccnc1. The van der Waals surface area contributed by atoms with E-state index in [-0.39, 0.29) is 11.8 Å². The molecule has 1 aliphatic heterocycles. The van der Waals surface area contributed by atoms with Crippen LogP contribution in [0.3, 0.4) is 0 Å². The number of likely N-dealkylation sites (tertiary alicyclic amines) is 1. The van der Waals surface area contributed by atoms with Gasteiger partial charge in [-0.05, 0) is 31.0 Å². The maximum atomic E-state index is 12.9. The summed E-state index contributed by atoms with van der Waals surface area (Å²) in [5.41, 5.74) is 0.932. The van der Waals surface area contributed by atoms with Gasteiger partial charge in [0.2, 0.25) is 11.8 Å². The van der Waals surface area contributed by atoms with Crippen LogP contribution in [0.5, 0.6) is 5.75 Å². The molecule has 1 aliphatic rings. The van der Waals surface area contributed by atoms with Gasteiger partial charge in [0.05, 0.1) is 13.7 Å². The van der Waals surface area contributed by atoms with E-state index in [1.54, 1.807) is 24.4 Å². The lowest BCUT2D eigenvalue weighted by Crippen LogP contribution is -2.53. The van der Waals surface area contributed by atoms with E-state index in [1.165, 1.54) is 0 Å². The van der Waals surface area contributed by atoms with Crippen LogP contribution in [0.4, 0.5) is 0 Å². The number of para-hydroxylation sites is 1. The molecule has 0 spiro atoms. The molecule has 0 saturated carbocycles. The molecule has 26 heavy (non-hydrogen) atoms. The number of hydrogen-bond acceptors (Lipinski definition) is 4. The van der Waals surface area contributed by atoms with Crippen LogP contribution >= 0.6 is 0 Å². The van der Waals surface area contributed by atoms with Crippen LogP contribution < -0.4 is 10.1 Å². The maximum absolute atomic E-state index is 12.9. The number of nitrogens with one attached hydrogen (secondary N) is 1. The lowest BCUT2D eigenvalue weighted by molar-refractivity contribution is -0.141. The molecule has 3 rings (SSSR count). The van der Waals surface area contributed by atoms with E-state index in [0.717, 1.165) is 11.1 Å². The fraction of sp³-hybridized carbons (Fsp3) is 0.350. The van der Waals surface area contributed by atoms with Crippen LogP contribution in [-0.2, 0) is 22.7 Å². The Balaban J connectivity index is 1.75. The van der Waals surface area contributed by atoms with Crippen molar-refractivity contribution in [2.45, 2.75) is 38.4 Å². The van der Waals surface area contributed by atoms with Crippen molar-refractivity contribution in [1.29, 1.82) is 0 Å². The summed E-state index contributed by atoms with van der Waals surface area (Å²) in [4.78, 5) is 31.1. The smallest absolute Gasteiger partial charge is 0.245 e. The zero-order chi connectivity index (χ0) is 18.6. The largest absolute Gasteiger partial charge is 0.496 e. The predicted molar refractivity (Wildman–Crippen MR) is 97.3 cm³/mol. The minimum absolute atomic E-state index is 0.0186. The maximum Gasteiger partial charge on any atom is 0.245 e. The van der Waals surface area contributed by atoms with Crippen molar-refractivity contribution < 1.29 is 14.3 Å². The number of amides is 2. The molecule has 6 heteroatoms. The molecule has 1 fully saturated rings. The van der Waals surface area contributed by atoms with Crippen LogP contribution in [0, 0.1) is 0 Å². The summed E-state index contributed by atoms with van der Waals surface area (Å²) < 4.78 is 5.38. The molecule has 2 heterocycles. The third-order valence-electron chi connectivity index (χ3n) is 4.91. The predicted octanol–water partition coefficient (Wildman–Crippen LogP) is 2.29. The zero-order valence-corrected chi connectivity index (χ0v) is 15.1. The highest BCUT2D eigenvalue weighted by atomic mass is 16.5. The van der Waals surface area contributed by atoms with Crippen molar-refractivity contribution in [3.63, 3.8) is 0 Å². The van der Waals surface area contributed by atoms with Gasteiger partial charge in [0.1, 0.15) is 11.3 Å². The van der Waals surface area contributed by atoms with Gasteiger partial charge in [-0.3, -0.25) is 14.6 Å². The molecule has 0 unspecified atom stereocenters. The topological polar surface area (TPSA) is 71.5 Å². The first kappa shape index (κ1) is 17.9. The first-order chi connectivity index (χ1) is 12.5. The average Bonchev–Trinajstić information content (AvgIpc) is 2.97. The Labute approximate surface area is 153 Å². The van der Waals surface area contributed by atoms with Crippen molar-refractivity contribution in [3.8, 4) is 5.75 Å². The monoisotopic (exact) mass is 353 g/mol. The van der Waals surface area contributed by atoms with E-state index in [1.807, 2.05) is 43.3 Å². The first-order valence-electron chi connectivity index (χ1n) is 8.64. The third kappa shape index (κ3) is 3.54. The molecule has 1 N–H and O–H groups in total. The van der Waals surface area contributed by atoms with Gasteiger partial charge in [-0.25, -0.2) is 0 Å². The third-order valence-corrected chi connectivity index (χ3v) is 4.91. The Bertz CT molecular complexity index is 794. The minimum atomic E-state index is -0.875. The summed E-state index contributed by atoms with van der Waals surface area (Å²) >= 11 is 0. The summed E-state index contributed by atoms with van der Waals surface area (Å²) in [5, 5.41) is 2.94. The van der Waals surface area contributed by atoms with Gasteiger partial charge < -0.3 is 15.0 Å².